The first kappa shape index (κ1) is 24.7. The Kier molecular flexibility index (Phi) is 7.87. The number of carbonyl (C=O) groups excluding carboxylic acids is 1. The van der Waals surface area contributed by atoms with Crippen molar-refractivity contribution >= 4 is 29.2 Å². The number of pyridine rings is 1. The van der Waals surface area contributed by atoms with Gasteiger partial charge in [-0.05, 0) is 44.0 Å². The van der Waals surface area contributed by atoms with Crippen molar-refractivity contribution in [3.63, 3.8) is 0 Å². The van der Waals surface area contributed by atoms with Crippen molar-refractivity contribution < 1.29 is 19.4 Å². The summed E-state index contributed by atoms with van der Waals surface area (Å²) in [5.74, 6) is -1.02. The Bertz CT molecular complexity index is 1280. The lowest BCUT2D eigenvalue weighted by atomic mass is 9.98. The Balaban J connectivity index is 2.09. The third-order valence-electron chi connectivity index (χ3n) is 5.32. The van der Waals surface area contributed by atoms with Gasteiger partial charge in [0, 0.05) is 48.2 Å². The van der Waals surface area contributed by atoms with E-state index in [1.54, 1.807) is 32.3 Å². The fourth-order valence-corrected chi connectivity index (χ4v) is 3.81. The summed E-state index contributed by atoms with van der Waals surface area (Å²) >= 11 is 6.56. The van der Waals surface area contributed by atoms with Gasteiger partial charge in [0.05, 0.1) is 28.8 Å². The first-order valence-corrected chi connectivity index (χ1v) is 11.0. The van der Waals surface area contributed by atoms with E-state index in [-0.39, 0.29) is 41.7 Å². The van der Waals surface area contributed by atoms with Crippen molar-refractivity contribution in [1.29, 1.82) is 5.26 Å². The molecule has 34 heavy (non-hydrogen) atoms. The molecule has 3 rings (SSSR count). The molecule has 0 spiro atoms. The molecule has 1 aromatic heterocycles. The van der Waals surface area contributed by atoms with Crippen LogP contribution in [-0.4, -0.2) is 35.6 Å². The van der Waals surface area contributed by atoms with Crippen LogP contribution in [0.15, 0.2) is 48.7 Å². The van der Waals surface area contributed by atoms with Crippen molar-refractivity contribution in [2.24, 2.45) is 0 Å². The maximum atomic E-state index is 13.6. The number of aliphatic carboxylic acids is 1. The van der Waals surface area contributed by atoms with Gasteiger partial charge in [0.25, 0.3) is 5.91 Å². The Morgan fingerprint density at radius 1 is 1.18 bits per heavy atom. The minimum absolute atomic E-state index is 0.0568. The number of carboxylic acids is 1. The van der Waals surface area contributed by atoms with E-state index >= 15 is 0 Å². The first-order valence-electron chi connectivity index (χ1n) is 10.6. The van der Waals surface area contributed by atoms with Gasteiger partial charge < -0.3 is 14.7 Å². The van der Waals surface area contributed by atoms with Gasteiger partial charge in [-0.15, -0.1) is 0 Å². The third kappa shape index (κ3) is 5.53. The molecule has 174 valence electrons. The molecule has 0 atom stereocenters. The summed E-state index contributed by atoms with van der Waals surface area (Å²) in [5.41, 5.74) is 3.94. The van der Waals surface area contributed by atoms with E-state index in [9.17, 15) is 14.9 Å². The molecule has 1 heterocycles. The molecular weight excluding hydrogens is 454 g/mol. The molecule has 0 unspecified atom stereocenters. The molecule has 2 aromatic carbocycles. The fourth-order valence-electron chi connectivity index (χ4n) is 3.55. The van der Waals surface area contributed by atoms with E-state index in [1.807, 2.05) is 31.2 Å². The van der Waals surface area contributed by atoms with E-state index in [0.29, 0.717) is 22.4 Å². The zero-order chi connectivity index (χ0) is 24.8. The predicted molar refractivity (Wildman–Crippen MR) is 130 cm³/mol. The summed E-state index contributed by atoms with van der Waals surface area (Å²) in [4.78, 5) is 30.2. The van der Waals surface area contributed by atoms with E-state index in [4.69, 9.17) is 21.4 Å². The second kappa shape index (κ2) is 10.8. The van der Waals surface area contributed by atoms with Gasteiger partial charge in [-0.2, -0.15) is 5.26 Å². The molecule has 0 saturated carbocycles. The van der Waals surface area contributed by atoms with Crippen LogP contribution in [0.1, 0.15) is 40.0 Å². The zero-order valence-corrected chi connectivity index (χ0v) is 19.9. The second-order valence-electron chi connectivity index (χ2n) is 7.81. The Hall–Kier alpha value is -3.89. The molecular formula is C26H24ClN3O4. The van der Waals surface area contributed by atoms with Crippen LogP contribution < -0.4 is 9.64 Å². The third-order valence-corrected chi connectivity index (χ3v) is 5.64. The molecule has 8 heteroatoms. The van der Waals surface area contributed by atoms with Crippen LogP contribution in [0.4, 0.5) is 5.69 Å². The predicted octanol–water partition coefficient (Wildman–Crippen LogP) is 5.41. The summed E-state index contributed by atoms with van der Waals surface area (Å²) in [6, 6.07) is 14.4. The summed E-state index contributed by atoms with van der Waals surface area (Å²) < 4.78 is 5.80. The number of anilines is 1. The molecule has 0 aliphatic heterocycles. The van der Waals surface area contributed by atoms with E-state index < -0.39 is 5.97 Å². The largest absolute Gasteiger partial charge is 0.493 e. The topological polar surface area (TPSA) is 104 Å². The number of para-hydroxylation sites is 1. The highest BCUT2D eigenvalue weighted by molar-refractivity contribution is 6.34. The lowest BCUT2D eigenvalue weighted by molar-refractivity contribution is -0.137. The molecule has 0 radical (unpaired) electrons. The number of hydrogen-bond donors (Lipinski definition) is 1. The van der Waals surface area contributed by atoms with Gasteiger partial charge in [-0.25, -0.2) is 0 Å². The number of rotatable bonds is 8. The summed E-state index contributed by atoms with van der Waals surface area (Å²) in [5, 5.41) is 18.8. The van der Waals surface area contributed by atoms with Crippen molar-refractivity contribution in [1.82, 2.24) is 4.98 Å². The number of nitriles is 1. The number of hydrogen-bond acceptors (Lipinski definition) is 5. The fraction of sp³-hybridized carbons (Fsp3) is 0.231. The standard InChI is InChI=1S/C26H24ClN3O4/c1-16-7-4-5-8-23(16)30(3)26(33)20-12-19(21-15-29-17(2)11-18(21)14-28)22(27)13-24(20)34-10-6-9-25(31)32/h4-5,7-8,11-13,15H,6,9-10H2,1-3H3,(H,31,32). The number of halogens is 1. The second-order valence-corrected chi connectivity index (χ2v) is 8.21. The molecule has 0 aliphatic rings. The van der Waals surface area contributed by atoms with Gasteiger partial charge in [-0.1, -0.05) is 29.8 Å². The monoisotopic (exact) mass is 477 g/mol. The molecule has 0 fully saturated rings. The van der Waals surface area contributed by atoms with Gasteiger partial charge >= 0.3 is 5.97 Å². The van der Waals surface area contributed by atoms with Crippen LogP contribution in [0.2, 0.25) is 5.02 Å². The highest BCUT2D eigenvalue weighted by atomic mass is 35.5. The Morgan fingerprint density at radius 2 is 1.91 bits per heavy atom. The molecule has 7 nitrogen and oxygen atoms in total. The normalized spacial score (nSPS) is 10.4. The van der Waals surface area contributed by atoms with Gasteiger partial charge in [-0.3, -0.25) is 14.6 Å². The Labute approximate surface area is 203 Å². The van der Waals surface area contributed by atoms with Crippen molar-refractivity contribution in [3.8, 4) is 22.9 Å². The molecule has 0 aliphatic carbocycles. The lowest BCUT2D eigenvalue weighted by Gasteiger charge is -2.22. The van der Waals surface area contributed by atoms with Crippen LogP contribution in [0.5, 0.6) is 5.75 Å². The number of carbonyl (C=O) groups is 2. The molecule has 0 saturated heterocycles. The smallest absolute Gasteiger partial charge is 0.303 e. The lowest BCUT2D eigenvalue weighted by Crippen LogP contribution is -2.27. The number of ether oxygens (including phenoxy) is 1. The first-order chi connectivity index (χ1) is 16.2. The average molecular weight is 478 g/mol. The molecule has 0 bridgehead atoms. The van der Waals surface area contributed by atoms with Crippen molar-refractivity contribution in [2.75, 3.05) is 18.6 Å². The number of carboxylic acid groups (broad SMARTS) is 1. The minimum Gasteiger partial charge on any atom is -0.493 e. The maximum Gasteiger partial charge on any atom is 0.303 e. The van der Waals surface area contributed by atoms with E-state index in [0.717, 1.165) is 11.3 Å². The van der Waals surface area contributed by atoms with Crippen molar-refractivity contribution in [3.05, 3.63) is 76.1 Å². The van der Waals surface area contributed by atoms with Gasteiger partial charge in [0.15, 0.2) is 0 Å². The zero-order valence-electron chi connectivity index (χ0n) is 19.1. The number of aromatic nitrogens is 1. The van der Waals surface area contributed by atoms with Crippen LogP contribution in [0.25, 0.3) is 11.1 Å². The number of benzene rings is 2. The summed E-state index contributed by atoms with van der Waals surface area (Å²) in [7, 11) is 1.67. The van der Waals surface area contributed by atoms with E-state index in [2.05, 4.69) is 11.1 Å². The van der Waals surface area contributed by atoms with Crippen LogP contribution in [-0.2, 0) is 4.79 Å². The van der Waals surface area contributed by atoms with Gasteiger partial charge in [0.1, 0.15) is 5.75 Å². The number of amides is 1. The highest BCUT2D eigenvalue weighted by Gasteiger charge is 2.23. The van der Waals surface area contributed by atoms with Gasteiger partial charge in [0.2, 0.25) is 0 Å². The van der Waals surface area contributed by atoms with Crippen LogP contribution >= 0.6 is 11.6 Å². The van der Waals surface area contributed by atoms with Crippen LogP contribution in [0.3, 0.4) is 0 Å². The summed E-state index contributed by atoms with van der Waals surface area (Å²) in [6.07, 6.45) is 1.77. The number of nitrogens with zero attached hydrogens (tertiary/aromatic N) is 3. The van der Waals surface area contributed by atoms with E-state index in [1.165, 1.54) is 11.0 Å². The Morgan fingerprint density at radius 3 is 2.59 bits per heavy atom. The highest BCUT2D eigenvalue weighted by Crippen LogP contribution is 2.37. The molecule has 3 aromatic rings. The summed E-state index contributed by atoms with van der Waals surface area (Å²) in [6.45, 7) is 3.80. The quantitative estimate of drug-likeness (QED) is 0.435. The SMILES string of the molecule is Cc1cc(C#N)c(-c2cc(C(=O)N(C)c3ccccc3C)c(OCCCC(=O)O)cc2Cl)cn1. The number of aryl methyl sites for hydroxylation is 2. The van der Waals surface area contributed by atoms with Crippen LogP contribution in [0, 0.1) is 25.2 Å². The maximum absolute atomic E-state index is 13.6. The molecule has 1 N–H and O–H groups in total. The minimum atomic E-state index is -0.927. The molecule has 1 amide bonds. The van der Waals surface area contributed by atoms with Crippen molar-refractivity contribution in [2.45, 2.75) is 26.7 Å². The average Bonchev–Trinajstić information content (AvgIpc) is 2.81.